The molecule has 0 bridgehead atoms. The summed E-state index contributed by atoms with van der Waals surface area (Å²) in [6.07, 6.45) is 2.66. The summed E-state index contributed by atoms with van der Waals surface area (Å²) < 4.78 is 1.52. The van der Waals surface area contributed by atoms with Crippen LogP contribution in [0.3, 0.4) is 0 Å². The minimum atomic E-state index is -0.0302. The molecule has 0 saturated carbocycles. The number of rotatable bonds is 7. The van der Waals surface area contributed by atoms with Crippen molar-refractivity contribution in [2.45, 2.75) is 39.8 Å². The van der Waals surface area contributed by atoms with Crippen LogP contribution < -0.4 is 15.8 Å². The fourth-order valence-corrected chi connectivity index (χ4v) is 1.60. The van der Waals surface area contributed by atoms with Crippen molar-refractivity contribution in [1.29, 1.82) is 0 Å². The number of hydrogen-bond acceptors (Lipinski definition) is 4. The number of nitrogens with one attached hydrogen (secondary N) is 1. The maximum atomic E-state index is 11.8. The molecular formula is C13H24N4O. The highest BCUT2D eigenvalue weighted by Crippen LogP contribution is 2.05. The Morgan fingerprint density at radius 2 is 2.22 bits per heavy atom. The number of nitrogens with zero attached hydrogens (tertiary/aromatic N) is 3. The van der Waals surface area contributed by atoms with E-state index in [0.29, 0.717) is 12.6 Å². The van der Waals surface area contributed by atoms with Gasteiger partial charge in [-0.25, -0.2) is 4.68 Å². The van der Waals surface area contributed by atoms with Crippen LogP contribution in [0.15, 0.2) is 17.1 Å². The second-order valence-electron chi connectivity index (χ2n) is 4.75. The number of aryl methyl sites for hydroxylation is 1. The Balaban J connectivity index is 2.55. The van der Waals surface area contributed by atoms with Gasteiger partial charge < -0.3 is 10.2 Å². The third-order valence-corrected chi connectivity index (χ3v) is 2.87. The Morgan fingerprint density at radius 3 is 2.78 bits per heavy atom. The fraction of sp³-hybridized carbons (Fsp3) is 0.692. The quantitative estimate of drug-likeness (QED) is 0.738. The highest BCUT2D eigenvalue weighted by atomic mass is 16.1. The predicted molar refractivity (Wildman–Crippen MR) is 75.2 cm³/mol. The molecule has 102 valence electrons. The molecule has 0 spiro atoms. The molecule has 1 rings (SSSR count). The molecule has 1 aromatic rings. The van der Waals surface area contributed by atoms with Crippen molar-refractivity contribution in [3.63, 3.8) is 0 Å². The summed E-state index contributed by atoms with van der Waals surface area (Å²) in [5.74, 6) is 0. The van der Waals surface area contributed by atoms with E-state index in [1.54, 1.807) is 12.3 Å². The number of aromatic nitrogens is 2. The zero-order valence-corrected chi connectivity index (χ0v) is 11.8. The van der Waals surface area contributed by atoms with E-state index < -0.39 is 0 Å². The summed E-state index contributed by atoms with van der Waals surface area (Å²) in [6, 6.07) is 2.13. The maximum Gasteiger partial charge on any atom is 0.268 e. The second-order valence-corrected chi connectivity index (χ2v) is 4.75. The molecule has 0 radical (unpaired) electrons. The van der Waals surface area contributed by atoms with E-state index in [1.165, 1.54) is 4.68 Å². The average molecular weight is 252 g/mol. The molecule has 0 aromatic carbocycles. The Labute approximate surface area is 109 Å². The van der Waals surface area contributed by atoms with E-state index in [-0.39, 0.29) is 5.56 Å². The highest BCUT2D eigenvalue weighted by molar-refractivity contribution is 5.41. The molecule has 1 heterocycles. The van der Waals surface area contributed by atoms with Crippen molar-refractivity contribution in [1.82, 2.24) is 15.1 Å². The lowest BCUT2D eigenvalue weighted by molar-refractivity contribution is 0.499. The smallest absolute Gasteiger partial charge is 0.268 e. The minimum absolute atomic E-state index is 0.0302. The summed E-state index contributed by atoms with van der Waals surface area (Å²) in [7, 11) is 1.95. The summed E-state index contributed by atoms with van der Waals surface area (Å²) in [5.41, 5.74) is 0.844. The first-order valence-corrected chi connectivity index (χ1v) is 6.56. The molecule has 0 aliphatic rings. The van der Waals surface area contributed by atoms with Crippen LogP contribution in [0, 0.1) is 0 Å². The van der Waals surface area contributed by atoms with Crippen LogP contribution in [0.2, 0.25) is 0 Å². The molecule has 0 unspecified atom stereocenters. The molecule has 0 amide bonds. The van der Waals surface area contributed by atoms with Crippen LogP contribution in [0.4, 0.5) is 5.69 Å². The standard InChI is InChI=1S/C13H24N4O/c1-5-16(4)12-9-13(18)17(15-10-12)8-6-7-14-11(2)3/h9-11,14H,5-8H2,1-4H3. The van der Waals surface area contributed by atoms with E-state index in [2.05, 4.69) is 24.3 Å². The molecule has 0 atom stereocenters. The first-order valence-electron chi connectivity index (χ1n) is 6.56. The van der Waals surface area contributed by atoms with Crippen molar-refractivity contribution in [3.8, 4) is 0 Å². The van der Waals surface area contributed by atoms with Gasteiger partial charge in [-0.3, -0.25) is 4.79 Å². The van der Waals surface area contributed by atoms with Gasteiger partial charge in [0.25, 0.3) is 5.56 Å². The summed E-state index contributed by atoms with van der Waals surface area (Å²) in [4.78, 5) is 13.8. The van der Waals surface area contributed by atoms with Gasteiger partial charge in [-0.15, -0.1) is 0 Å². The lowest BCUT2D eigenvalue weighted by atomic mass is 10.3. The van der Waals surface area contributed by atoms with Gasteiger partial charge in [0.15, 0.2) is 0 Å². The molecular weight excluding hydrogens is 228 g/mol. The summed E-state index contributed by atoms with van der Waals surface area (Å²) in [6.45, 7) is 8.70. The molecule has 5 nitrogen and oxygen atoms in total. The van der Waals surface area contributed by atoms with Gasteiger partial charge in [-0.05, 0) is 19.9 Å². The monoisotopic (exact) mass is 252 g/mol. The van der Waals surface area contributed by atoms with E-state index in [0.717, 1.165) is 25.2 Å². The Hall–Kier alpha value is -1.36. The molecule has 18 heavy (non-hydrogen) atoms. The van der Waals surface area contributed by atoms with Crippen molar-refractivity contribution in [2.75, 3.05) is 25.0 Å². The molecule has 0 aliphatic carbocycles. The SMILES string of the molecule is CCN(C)c1cnn(CCCNC(C)C)c(=O)c1. The normalized spacial score (nSPS) is 10.9. The summed E-state index contributed by atoms with van der Waals surface area (Å²) in [5, 5.41) is 7.52. The van der Waals surface area contributed by atoms with Crippen LogP contribution >= 0.6 is 0 Å². The lowest BCUT2D eigenvalue weighted by Crippen LogP contribution is -2.28. The predicted octanol–water partition coefficient (Wildman–Crippen LogP) is 1.09. The largest absolute Gasteiger partial charge is 0.373 e. The van der Waals surface area contributed by atoms with Crippen molar-refractivity contribution in [3.05, 3.63) is 22.6 Å². The first-order chi connectivity index (χ1) is 8.54. The van der Waals surface area contributed by atoms with Gasteiger partial charge in [0.2, 0.25) is 0 Å². The van der Waals surface area contributed by atoms with E-state index in [9.17, 15) is 4.79 Å². The van der Waals surface area contributed by atoms with Gasteiger partial charge in [0, 0.05) is 32.2 Å². The van der Waals surface area contributed by atoms with Crippen molar-refractivity contribution in [2.24, 2.45) is 0 Å². The van der Waals surface area contributed by atoms with E-state index in [1.807, 2.05) is 18.9 Å². The first kappa shape index (κ1) is 14.7. The molecule has 1 N–H and O–H groups in total. The van der Waals surface area contributed by atoms with Gasteiger partial charge >= 0.3 is 0 Å². The topological polar surface area (TPSA) is 50.2 Å². The van der Waals surface area contributed by atoms with Gasteiger partial charge in [-0.1, -0.05) is 13.8 Å². The average Bonchev–Trinajstić information content (AvgIpc) is 2.34. The van der Waals surface area contributed by atoms with Gasteiger partial charge in [0.05, 0.1) is 11.9 Å². The van der Waals surface area contributed by atoms with Crippen LogP contribution in [0.5, 0.6) is 0 Å². The Bertz CT molecular complexity index is 414. The van der Waals surface area contributed by atoms with Gasteiger partial charge in [0.1, 0.15) is 0 Å². The molecule has 0 saturated heterocycles. The maximum absolute atomic E-state index is 11.8. The van der Waals surface area contributed by atoms with E-state index in [4.69, 9.17) is 0 Å². The van der Waals surface area contributed by atoms with Crippen LogP contribution in [-0.2, 0) is 6.54 Å². The zero-order chi connectivity index (χ0) is 13.5. The fourth-order valence-electron chi connectivity index (χ4n) is 1.60. The second kappa shape index (κ2) is 7.16. The van der Waals surface area contributed by atoms with E-state index >= 15 is 0 Å². The molecule has 1 aromatic heterocycles. The highest BCUT2D eigenvalue weighted by Gasteiger charge is 2.03. The number of hydrogen-bond donors (Lipinski definition) is 1. The summed E-state index contributed by atoms with van der Waals surface area (Å²) >= 11 is 0. The zero-order valence-electron chi connectivity index (χ0n) is 11.8. The Morgan fingerprint density at radius 1 is 1.50 bits per heavy atom. The van der Waals surface area contributed by atoms with Gasteiger partial charge in [-0.2, -0.15) is 5.10 Å². The molecule has 5 heteroatoms. The van der Waals surface area contributed by atoms with Crippen molar-refractivity contribution >= 4 is 5.69 Å². The van der Waals surface area contributed by atoms with Crippen LogP contribution in [0.25, 0.3) is 0 Å². The van der Waals surface area contributed by atoms with Crippen molar-refractivity contribution < 1.29 is 0 Å². The van der Waals surface area contributed by atoms with Crippen LogP contribution in [0.1, 0.15) is 27.2 Å². The number of anilines is 1. The third kappa shape index (κ3) is 4.49. The molecule has 0 fully saturated rings. The minimum Gasteiger partial charge on any atom is -0.373 e. The third-order valence-electron chi connectivity index (χ3n) is 2.87. The van der Waals surface area contributed by atoms with Crippen LogP contribution in [-0.4, -0.2) is 36.0 Å². The molecule has 0 aliphatic heterocycles. The lowest BCUT2D eigenvalue weighted by Gasteiger charge is -2.16. The Kier molecular flexibility index (Phi) is 5.85.